The molecular weight excluding hydrogens is 479 g/mol. The smallest absolute Gasteiger partial charge is 0.256 e. The Hall–Kier alpha value is -3.04. The van der Waals surface area contributed by atoms with E-state index in [1.54, 1.807) is 31.4 Å². The zero-order chi connectivity index (χ0) is 25.7. The molecule has 2 amide bonds. The Morgan fingerprint density at radius 1 is 1.08 bits per heavy atom. The molecule has 0 spiro atoms. The summed E-state index contributed by atoms with van der Waals surface area (Å²) in [7, 11) is 1.58. The minimum atomic E-state index is -0.720. The summed E-state index contributed by atoms with van der Waals surface area (Å²) in [6.07, 6.45) is 3.19. The van der Waals surface area contributed by atoms with Crippen molar-refractivity contribution in [2.75, 3.05) is 43.5 Å². The van der Waals surface area contributed by atoms with Crippen LogP contribution in [0.15, 0.2) is 48.5 Å². The van der Waals surface area contributed by atoms with Crippen molar-refractivity contribution in [1.82, 2.24) is 9.80 Å². The van der Waals surface area contributed by atoms with Gasteiger partial charge in [-0.1, -0.05) is 6.92 Å². The number of anilines is 2. The maximum absolute atomic E-state index is 13.5. The number of amides is 2. The Bertz CT molecular complexity index is 1070. The van der Waals surface area contributed by atoms with E-state index in [1.165, 1.54) is 42.0 Å². The lowest BCUT2D eigenvalue weighted by Crippen LogP contribution is -2.40. The predicted octanol–water partition coefficient (Wildman–Crippen LogP) is 4.29. The zero-order valence-corrected chi connectivity index (χ0v) is 21.6. The summed E-state index contributed by atoms with van der Waals surface area (Å²) in [4.78, 5) is 32.1. The Labute approximate surface area is 217 Å². The number of halogens is 1. The summed E-state index contributed by atoms with van der Waals surface area (Å²) >= 11 is 5.70. The summed E-state index contributed by atoms with van der Waals surface area (Å²) in [5.41, 5.74) is 1.12. The van der Waals surface area contributed by atoms with Crippen LogP contribution < -0.4 is 15.0 Å². The molecule has 2 saturated heterocycles. The van der Waals surface area contributed by atoms with E-state index in [4.69, 9.17) is 17.0 Å². The summed E-state index contributed by atoms with van der Waals surface area (Å²) in [6.45, 7) is 5.94. The maximum atomic E-state index is 13.5. The highest BCUT2D eigenvalue weighted by atomic mass is 32.1. The first-order valence-electron chi connectivity index (χ1n) is 12.4. The van der Waals surface area contributed by atoms with Gasteiger partial charge in [0.1, 0.15) is 17.6 Å². The fourth-order valence-electron chi connectivity index (χ4n) is 4.73. The highest BCUT2D eigenvalue weighted by molar-refractivity contribution is 7.80. The number of nitrogens with one attached hydrogen (secondary N) is 1. The second-order valence-electron chi connectivity index (χ2n) is 9.50. The van der Waals surface area contributed by atoms with E-state index < -0.39 is 6.04 Å². The van der Waals surface area contributed by atoms with Gasteiger partial charge in [0, 0.05) is 12.2 Å². The minimum absolute atomic E-state index is 0.0378. The van der Waals surface area contributed by atoms with E-state index in [9.17, 15) is 14.0 Å². The molecule has 0 saturated carbocycles. The van der Waals surface area contributed by atoms with Crippen LogP contribution in [-0.2, 0) is 9.59 Å². The number of hydrogen-bond donors (Lipinski definition) is 1. The topological polar surface area (TPSA) is 65.1 Å². The minimum Gasteiger partial charge on any atom is -0.497 e. The van der Waals surface area contributed by atoms with E-state index in [-0.39, 0.29) is 24.1 Å². The van der Waals surface area contributed by atoms with Gasteiger partial charge in [-0.2, -0.15) is 0 Å². The first-order valence-corrected chi connectivity index (χ1v) is 12.8. The number of likely N-dealkylation sites (tertiary alicyclic amines) is 1. The first-order chi connectivity index (χ1) is 17.4. The third-order valence-electron chi connectivity index (χ3n) is 6.91. The second kappa shape index (κ2) is 11.8. The number of thiocarbonyl (C=S) groups is 1. The number of benzene rings is 2. The van der Waals surface area contributed by atoms with Crippen LogP contribution in [0.4, 0.5) is 15.8 Å². The van der Waals surface area contributed by atoms with Crippen LogP contribution in [0.1, 0.15) is 32.6 Å². The highest BCUT2D eigenvalue weighted by Gasteiger charge is 2.43. The number of carbonyl (C=O) groups excluding carboxylic acids is 2. The van der Waals surface area contributed by atoms with E-state index in [2.05, 4.69) is 17.1 Å². The summed E-state index contributed by atoms with van der Waals surface area (Å²) in [5, 5.41) is 3.21. The number of hydrogen-bond acceptors (Lipinski definition) is 5. The number of rotatable bonds is 9. The first kappa shape index (κ1) is 26.0. The molecule has 2 aromatic carbocycles. The molecule has 1 N–H and O–H groups in total. The summed E-state index contributed by atoms with van der Waals surface area (Å²) < 4.78 is 18.7. The lowest BCUT2D eigenvalue weighted by molar-refractivity contribution is -0.124. The lowest BCUT2D eigenvalue weighted by atomic mass is 9.99. The maximum Gasteiger partial charge on any atom is 0.256 e. The van der Waals surface area contributed by atoms with Gasteiger partial charge in [-0.05, 0) is 106 Å². The van der Waals surface area contributed by atoms with Crippen molar-refractivity contribution in [3.05, 3.63) is 54.3 Å². The van der Waals surface area contributed by atoms with Crippen LogP contribution in [0, 0.1) is 11.7 Å². The number of piperidine rings is 1. The molecule has 4 rings (SSSR count). The molecule has 2 heterocycles. The van der Waals surface area contributed by atoms with Crippen LogP contribution in [0.3, 0.4) is 0 Å². The highest BCUT2D eigenvalue weighted by Crippen LogP contribution is 2.28. The van der Waals surface area contributed by atoms with Gasteiger partial charge < -0.3 is 19.9 Å². The van der Waals surface area contributed by atoms with Gasteiger partial charge in [0.2, 0.25) is 5.91 Å². The van der Waals surface area contributed by atoms with Gasteiger partial charge in [-0.3, -0.25) is 14.5 Å². The average molecular weight is 513 g/mol. The molecule has 0 aromatic heterocycles. The van der Waals surface area contributed by atoms with Crippen molar-refractivity contribution < 1.29 is 18.7 Å². The van der Waals surface area contributed by atoms with Crippen LogP contribution in [-0.4, -0.2) is 66.1 Å². The van der Waals surface area contributed by atoms with Crippen LogP contribution >= 0.6 is 12.2 Å². The van der Waals surface area contributed by atoms with Gasteiger partial charge in [-0.25, -0.2) is 4.39 Å². The Morgan fingerprint density at radius 2 is 1.75 bits per heavy atom. The van der Waals surface area contributed by atoms with Gasteiger partial charge in [0.15, 0.2) is 5.11 Å². The van der Waals surface area contributed by atoms with E-state index >= 15 is 0 Å². The van der Waals surface area contributed by atoms with E-state index in [0.717, 1.165) is 32.0 Å². The Balaban J connectivity index is 1.45. The second-order valence-corrected chi connectivity index (χ2v) is 9.87. The van der Waals surface area contributed by atoms with Gasteiger partial charge >= 0.3 is 0 Å². The zero-order valence-electron chi connectivity index (χ0n) is 20.8. The van der Waals surface area contributed by atoms with Gasteiger partial charge in [0.25, 0.3) is 5.91 Å². The molecule has 9 heteroatoms. The van der Waals surface area contributed by atoms with Crippen molar-refractivity contribution in [2.45, 2.75) is 38.6 Å². The van der Waals surface area contributed by atoms with Crippen molar-refractivity contribution in [2.24, 2.45) is 5.92 Å². The number of methoxy groups -OCH3 is 1. The van der Waals surface area contributed by atoms with Crippen molar-refractivity contribution in [3.8, 4) is 5.75 Å². The van der Waals surface area contributed by atoms with Crippen molar-refractivity contribution in [3.63, 3.8) is 0 Å². The molecule has 0 unspecified atom stereocenters. The van der Waals surface area contributed by atoms with Crippen molar-refractivity contribution >= 4 is 40.5 Å². The predicted molar refractivity (Wildman–Crippen MR) is 143 cm³/mol. The molecule has 2 fully saturated rings. The molecule has 2 aliphatic heterocycles. The van der Waals surface area contributed by atoms with E-state index in [0.29, 0.717) is 28.8 Å². The molecule has 0 aliphatic carbocycles. The Kier molecular flexibility index (Phi) is 8.53. The molecule has 7 nitrogen and oxygen atoms in total. The van der Waals surface area contributed by atoms with Crippen molar-refractivity contribution in [1.29, 1.82) is 0 Å². The molecule has 2 aliphatic rings. The number of carbonyl (C=O) groups is 2. The van der Waals surface area contributed by atoms with Gasteiger partial charge in [-0.15, -0.1) is 0 Å². The quantitative estimate of drug-likeness (QED) is 0.506. The lowest BCUT2D eigenvalue weighted by Gasteiger charge is -2.31. The molecule has 1 atom stereocenters. The van der Waals surface area contributed by atoms with Gasteiger partial charge in [0.05, 0.1) is 19.2 Å². The molecule has 2 aromatic rings. The van der Waals surface area contributed by atoms with Crippen LogP contribution in [0.25, 0.3) is 0 Å². The SMILES string of the molecule is COc1ccc(NC(=O)C[C@@H]2C(=O)N(c3ccc(F)cc3)C(=S)N2CCCN2CCC(C)CC2)cc1. The van der Waals surface area contributed by atoms with Crippen LogP contribution in [0.2, 0.25) is 0 Å². The summed E-state index contributed by atoms with van der Waals surface area (Å²) in [6, 6.07) is 12.0. The molecule has 0 radical (unpaired) electrons. The standard InChI is InChI=1S/C27H33FN4O3S/c1-19-12-16-30(17-13-19)14-3-15-31-24(18-25(33)29-21-6-10-23(35-2)11-7-21)26(34)32(27(31)36)22-8-4-20(28)5-9-22/h4-11,19,24H,3,12-18H2,1-2H3,(H,29,33)/t24-/m1/s1. The molecule has 192 valence electrons. The van der Waals surface area contributed by atoms with Crippen LogP contribution in [0.5, 0.6) is 5.75 Å². The largest absolute Gasteiger partial charge is 0.497 e. The number of nitrogens with zero attached hydrogens (tertiary/aromatic N) is 3. The fraction of sp³-hybridized carbons (Fsp3) is 0.444. The average Bonchev–Trinajstić information content (AvgIpc) is 3.10. The molecule has 36 heavy (non-hydrogen) atoms. The molecule has 0 bridgehead atoms. The summed E-state index contributed by atoms with van der Waals surface area (Å²) in [5.74, 6) is 0.511. The monoisotopic (exact) mass is 512 g/mol. The van der Waals surface area contributed by atoms with E-state index in [1.807, 2.05) is 4.90 Å². The molecular formula is C27H33FN4O3S. The Morgan fingerprint density at radius 3 is 2.39 bits per heavy atom. The number of ether oxygens (including phenoxy) is 1. The normalized spacial score (nSPS) is 19.1. The third kappa shape index (κ3) is 6.20. The third-order valence-corrected chi connectivity index (χ3v) is 7.32. The fourth-order valence-corrected chi connectivity index (χ4v) is 5.14.